The third-order valence-corrected chi connectivity index (χ3v) is 3.51. The molecule has 122 valence electrons. The van der Waals surface area contributed by atoms with E-state index < -0.39 is 0 Å². The quantitative estimate of drug-likeness (QED) is 0.812. The molecule has 1 aromatic carbocycles. The van der Waals surface area contributed by atoms with Gasteiger partial charge in [-0.1, -0.05) is 26.8 Å². The SMILES string of the molecule is CCC(CNc1cc(OC)cc2cccnc12)NC(C)C.Cl. The first kappa shape index (κ1) is 18.5. The number of aromatic nitrogens is 1. The van der Waals surface area contributed by atoms with Gasteiger partial charge in [-0.15, -0.1) is 12.4 Å². The number of pyridine rings is 1. The molecular weight excluding hydrogens is 298 g/mol. The number of nitrogens with one attached hydrogen (secondary N) is 2. The highest BCUT2D eigenvalue weighted by Gasteiger charge is 2.10. The summed E-state index contributed by atoms with van der Waals surface area (Å²) in [5.74, 6) is 0.850. The Hall–Kier alpha value is -1.52. The van der Waals surface area contributed by atoms with Gasteiger partial charge in [0.1, 0.15) is 5.75 Å². The first-order valence-electron chi connectivity index (χ1n) is 7.56. The van der Waals surface area contributed by atoms with Crippen LogP contribution in [0.25, 0.3) is 10.9 Å². The topological polar surface area (TPSA) is 46.2 Å². The highest BCUT2D eigenvalue weighted by Crippen LogP contribution is 2.27. The Morgan fingerprint density at radius 3 is 2.68 bits per heavy atom. The second kappa shape index (κ2) is 8.81. The molecule has 2 N–H and O–H groups in total. The number of nitrogens with zero attached hydrogens (tertiary/aromatic N) is 1. The summed E-state index contributed by atoms with van der Waals surface area (Å²) in [5.41, 5.74) is 2.01. The largest absolute Gasteiger partial charge is 0.497 e. The molecule has 0 amide bonds. The number of rotatable bonds is 7. The summed E-state index contributed by atoms with van der Waals surface area (Å²) < 4.78 is 5.38. The van der Waals surface area contributed by atoms with Crippen molar-refractivity contribution in [2.24, 2.45) is 0 Å². The van der Waals surface area contributed by atoms with Crippen molar-refractivity contribution in [2.75, 3.05) is 19.0 Å². The van der Waals surface area contributed by atoms with Gasteiger partial charge in [0.25, 0.3) is 0 Å². The zero-order valence-electron chi connectivity index (χ0n) is 13.7. The number of hydrogen-bond donors (Lipinski definition) is 2. The Bertz CT molecular complexity index is 589. The average Bonchev–Trinajstić information content (AvgIpc) is 2.50. The average molecular weight is 324 g/mol. The summed E-state index contributed by atoms with van der Waals surface area (Å²) in [6, 6.07) is 8.95. The molecular formula is C17H26ClN3O. The van der Waals surface area contributed by atoms with E-state index in [4.69, 9.17) is 4.74 Å². The number of hydrogen-bond acceptors (Lipinski definition) is 4. The molecule has 2 rings (SSSR count). The molecule has 0 aliphatic carbocycles. The van der Waals surface area contributed by atoms with Gasteiger partial charge in [-0.25, -0.2) is 0 Å². The molecule has 2 aromatic rings. The van der Waals surface area contributed by atoms with Crippen LogP contribution >= 0.6 is 12.4 Å². The Balaban J connectivity index is 0.00000242. The molecule has 22 heavy (non-hydrogen) atoms. The van der Waals surface area contributed by atoms with Crippen LogP contribution in [0.3, 0.4) is 0 Å². The Morgan fingerprint density at radius 1 is 1.27 bits per heavy atom. The van der Waals surface area contributed by atoms with Gasteiger partial charge >= 0.3 is 0 Å². The molecule has 0 radical (unpaired) electrons. The van der Waals surface area contributed by atoms with Gasteiger partial charge in [0.05, 0.1) is 18.3 Å². The normalized spacial score (nSPS) is 12.0. The number of benzene rings is 1. The van der Waals surface area contributed by atoms with Crippen LogP contribution < -0.4 is 15.4 Å². The summed E-state index contributed by atoms with van der Waals surface area (Å²) in [6.45, 7) is 7.41. The minimum absolute atomic E-state index is 0. The molecule has 0 aliphatic heterocycles. The van der Waals surface area contributed by atoms with Gasteiger partial charge in [0, 0.05) is 36.3 Å². The maximum atomic E-state index is 5.38. The van der Waals surface area contributed by atoms with E-state index in [0.717, 1.165) is 35.3 Å². The van der Waals surface area contributed by atoms with Crippen LogP contribution in [0.4, 0.5) is 5.69 Å². The molecule has 0 saturated carbocycles. The highest BCUT2D eigenvalue weighted by molar-refractivity contribution is 5.91. The number of ether oxygens (including phenoxy) is 1. The Morgan fingerprint density at radius 2 is 2.05 bits per heavy atom. The van der Waals surface area contributed by atoms with Crippen LogP contribution in [0.1, 0.15) is 27.2 Å². The number of anilines is 1. The van der Waals surface area contributed by atoms with Crippen molar-refractivity contribution in [3.8, 4) is 5.75 Å². The van der Waals surface area contributed by atoms with Crippen LogP contribution in [0.15, 0.2) is 30.5 Å². The summed E-state index contributed by atoms with van der Waals surface area (Å²) >= 11 is 0. The molecule has 1 heterocycles. The van der Waals surface area contributed by atoms with E-state index >= 15 is 0 Å². The van der Waals surface area contributed by atoms with Gasteiger partial charge in [-0.05, 0) is 18.6 Å². The van der Waals surface area contributed by atoms with E-state index in [1.165, 1.54) is 0 Å². The Kier molecular flexibility index (Phi) is 7.42. The molecule has 5 heteroatoms. The van der Waals surface area contributed by atoms with Gasteiger partial charge in [0.15, 0.2) is 0 Å². The van der Waals surface area contributed by atoms with E-state index in [9.17, 15) is 0 Å². The fourth-order valence-corrected chi connectivity index (χ4v) is 2.44. The molecule has 1 aromatic heterocycles. The van der Waals surface area contributed by atoms with E-state index in [-0.39, 0.29) is 12.4 Å². The second-order valence-electron chi connectivity index (χ2n) is 5.56. The minimum Gasteiger partial charge on any atom is -0.497 e. The minimum atomic E-state index is 0. The predicted molar refractivity (Wildman–Crippen MR) is 96.4 cm³/mol. The standard InChI is InChI=1S/C17H25N3O.ClH/c1-5-14(20-12(2)3)11-19-16-10-15(21-4)9-13-7-6-8-18-17(13)16;/h6-10,12,14,19-20H,5,11H2,1-4H3;1H. The second-order valence-corrected chi connectivity index (χ2v) is 5.56. The number of halogens is 1. The van der Waals surface area contributed by atoms with Crippen molar-refractivity contribution in [3.05, 3.63) is 30.5 Å². The first-order chi connectivity index (χ1) is 10.1. The van der Waals surface area contributed by atoms with Gasteiger partial charge < -0.3 is 15.4 Å². The van der Waals surface area contributed by atoms with Crippen LogP contribution in [-0.4, -0.2) is 30.7 Å². The molecule has 0 bridgehead atoms. The van der Waals surface area contributed by atoms with Gasteiger partial charge in [-0.2, -0.15) is 0 Å². The van der Waals surface area contributed by atoms with Crippen LogP contribution in [-0.2, 0) is 0 Å². The van der Waals surface area contributed by atoms with E-state index in [2.05, 4.69) is 42.5 Å². The molecule has 0 aliphatic rings. The third-order valence-electron chi connectivity index (χ3n) is 3.51. The van der Waals surface area contributed by atoms with Gasteiger partial charge in [-0.3, -0.25) is 4.98 Å². The summed E-state index contributed by atoms with van der Waals surface area (Å²) in [5, 5.41) is 8.16. The van der Waals surface area contributed by atoms with Crippen LogP contribution in [0.5, 0.6) is 5.75 Å². The monoisotopic (exact) mass is 323 g/mol. The fourth-order valence-electron chi connectivity index (χ4n) is 2.44. The highest BCUT2D eigenvalue weighted by atomic mass is 35.5. The van der Waals surface area contributed by atoms with E-state index in [1.807, 2.05) is 24.4 Å². The van der Waals surface area contributed by atoms with Crippen molar-refractivity contribution >= 4 is 29.0 Å². The number of methoxy groups -OCH3 is 1. The van der Waals surface area contributed by atoms with E-state index in [0.29, 0.717) is 12.1 Å². The van der Waals surface area contributed by atoms with Crippen molar-refractivity contribution in [3.63, 3.8) is 0 Å². The van der Waals surface area contributed by atoms with Crippen molar-refractivity contribution < 1.29 is 4.74 Å². The first-order valence-corrected chi connectivity index (χ1v) is 7.56. The smallest absolute Gasteiger partial charge is 0.121 e. The van der Waals surface area contributed by atoms with E-state index in [1.54, 1.807) is 7.11 Å². The predicted octanol–water partition coefficient (Wildman–Crippen LogP) is 3.85. The van der Waals surface area contributed by atoms with Gasteiger partial charge in [0.2, 0.25) is 0 Å². The molecule has 1 unspecified atom stereocenters. The maximum Gasteiger partial charge on any atom is 0.121 e. The van der Waals surface area contributed by atoms with Crippen LogP contribution in [0, 0.1) is 0 Å². The summed E-state index contributed by atoms with van der Waals surface area (Å²) in [4.78, 5) is 4.48. The molecule has 1 atom stereocenters. The maximum absolute atomic E-state index is 5.38. The molecule has 0 fully saturated rings. The van der Waals surface area contributed by atoms with Crippen molar-refractivity contribution in [2.45, 2.75) is 39.3 Å². The lowest BCUT2D eigenvalue weighted by Gasteiger charge is -2.21. The van der Waals surface area contributed by atoms with Crippen LogP contribution in [0.2, 0.25) is 0 Å². The molecule has 0 saturated heterocycles. The van der Waals surface area contributed by atoms with Crippen molar-refractivity contribution in [1.29, 1.82) is 0 Å². The van der Waals surface area contributed by atoms with Crippen molar-refractivity contribution in [1.82, 2.24) is 10.3 Å². The lowest BCUT2D eigenvalue weighted by molar-refractivity contribution is 0.415. The lowest BCUT2D eigenvalue weighted by atomic mass is 10.1. The Labute approximate surface area is 139 Å². The summed E-state index contributed by atoms with van der Waals surface area (Å²) in [6.07, 6.45) is 2.91. The third kappa shape index (κ3) is 4.75. The zero-order chi connectivity index (χ0) is 15.2. The summed E-state index contributed by atoms with van der Waals surface area (Å²) in [7, 11) is 1.69. The molecule has 0 spiro atoms. The number of fused-ring (bicyclic) bond motifs is 1. The fraction of sp³-hybridized carbons (Fsp3) is 0.471. The molecule has 4 nitrogen and oxygen atoms in total. The lowest BCUT2D eigenvalue weighted by Crippen LogP contribution is -2.39. The zero-order valence-corrected chi connectivity index (χ0v) is 14.5.